The third kappa shape index (κ3) is 2.15. The van der Waals surface area contributed by atoms with Crippen molar-refractivity contribution >= 4 is 17.5 Å². The number of aliphatic hydroxyl groups is 1. The maximum absolute atomic E-state index is 11.9. The molecule has 1 aromatic heterocycles. The zero-order valence-electron chi connectivity index (χ0n) is 12.5. The van der Waals surface area contributed by atoms with E-state index in [1.807, 2.05) is 0 Å². The number of aliphatic hydroxyl groups excluding tert-OH is 1. The van der Waals surface area contributed by atoms with Gasteiger partial charge in [0.1, 0.15) is 5.76 Å². The number of carbonyl (C=O) groups is 2. The summed E-state index contributed by atoms with van der Waals surface area (Å²) in [5, 5.41) is 10.5. The number of methoxy groups -OCH3 is 1. The van der Waals surface area contributed by atoms with Crippen molar-refractivity contribution in [1.29, 1.82) is 0 Å². The number of nitrogens with zero attached hydrogens (tertiary/aromatic N) is 1. The molecule has 0 radical (unpaired) electrons. The van der Waals surface area contributed by atoms with Crippen molar-refractivity contribution in [2.45, 2.75) is 26.2 Å². The van der Waals surface area contributed by atoms with Crippen molar-refractivity contribution in [3.8, 4) is 5.88 Å². The lowest BCUT2D eigenvalue weighted by molar-refractivity contribution is -0.114. The molecule has 1 N–H and O–H groups in total. The Labute approximate surface area is 127 Å². The molecule has 0 aliphatic heterocycles. The summed E-state index contributed by atoms with van der Waals surface area (Å²) in [7, 11) is 1.41. The highest BCUT2D eigenvalue weighted by atomic mass is 16.5. The maximum Gasteiger partial charge on any atom is 0.357 e. The molecule has 6 nitrogen and oxygen atoms in total. The van der Waals surface area contributed by atoms with Crippen LogP contribution in [-0.2, 0) is 16.0 Å². The molecule has 116 valence electrons. The summed E-state index contributed by atoms with van der Waals surface area (Å²) in [5.74, 6) is -0.468. The highest BCUT2D eigenvalue weighted by molar-refractivity contribution is 6.05. The number of fused-ring (bicyclic) bond motifs is 2. The van der Waals surface area contributed by atoms with Gasteiger partial charge in [-0.2, -0.15) is 0 Å². The van der Waals surface area contributed by atoms with Gasteiger partial charge in [0.15, 0.2) is 11.5 Å². The van der Waals surface area contributed by atoms with E-state index in [9.17, 15) is 14.7 Å². The minimum absolute atomic E-state index is 0.00199. The Morgan fingerprint density at radius 1 is 1.50 bits per heavy atom. The van der Waals surface area contributed by atoms with Crippen LogP contribution in [0.1, 0.15) is 41.4 Å². The Morgan fingerprint density at radius 2 is 2.27 bits per heavy atom. The monoisotopic (exact) mass is 303 g/mol. The molecule has 6 heteroatoms. The van der Waals surface area contributed by atoms with E-state index in [-0.39, 0.29) is 35.6 Å². The maximum atomic E-state index is 11.9. The van der Waals surface area contributed by atoms with Crippen LogP contribution < -0.4 is 4.74 Å². The standard InChI is InChI=1S/C16H17NO5/c1-3-22-16(20)10-7-9-6-8-4-5-11(18)12(8)14(19)13(9)15(17-10)21-2/h7-8,19H,3-6H2,1-2H3. The molecular weight excluding hydrogens is 286 g/mol. The van der Waals surface area contributed by atoms with Gasteiger partial charge < -0.3 is 14.6 Å². The molecule has 1 unspecified atom stereocenters. The second-order valence-corrected chi connectivity index (χ2v) is 5.40. The van der Waals surface area contributed by atoms with E-state index in [4.69, 9.17) is 9.47 Å². The van der Waals surface area contributed by atoms with Crippen LogP contribution in [0, 0.1) is 5.92 Å². The average Bonchev–Trinajstić information content (AvgIpc) is 2.87. The van der Waals surface area contributed by atoms with Crippen LogP contribution in [0.25, 0.3) is 5.76 Å². The highest BCUT2D eigenvalue weighted by Gasteiger charge is 2.38. The molecule has 22 heavy (non-hydrogen) atoms. The molecule has 1 fully saturated rings. The minimum atomic E-state index is -0.527. The lowest BCUT2D eigenvalue weighted by Crippen LogP contribution is -2.18. The summed E-state index contributed by atoms with van der Waals surface area (Å²) < 4.78 is 10.2. The van der Waals surface area contributed by atoms with Crippen molar-refractivity contribution < 1.29 is 24.2 Å². The molecule has 1 heterocycles. The van der Waals surface area contributed by atoms with Gasteiger partial charge in [-0.3, -0.25) is 4.79 Å². The number of allylic oxidation sites excluding steroid dienone is 1. The first-order chi connectivity index (χ1) is 10.6. The van der Waals surface area contributed by atoms with Crippen LogP contribution in [0.4, 0.5) is 0 Å². The predicted molar refractivity (Wildman–Crippen MR) is 77.7 cm³/mol. The van der Waals surface area contributed by atoms with Gasteiger partial charge in [-0.05, 0) is 37.3 Å². The molecule has 2 aliphatic carbocycles. The fourth-order valence-electron chi connectivity index (χ4n) is 3.19. The lowest BCUT2D eigenvalue weighted by Gasteiger charge is -2.23. The van der Waals surface area contributed by atoms with E-state index < -0.39 is 5.97 Å². The number of rotatable bonds is 3. The van der Waals surface area contributed by atoms with Crippen LogP contribution in [0.15, 0.2) is 11.6 Å². The highest BCUT2D eigenvalue weighted by Crippen LogP contribution is 2.43. The zero-order chi connectivity index (χ0) is 15.9. The van der Waals surface area contributed by atoms with Crippen molar-refractivity contribution in [1.82, 2.24) is 4.98 Å². The van der Waals surface area contributed by atoms with Crippen molar-refractivity contribution in [2.75, 3.05) is 13.7 Å². The Kier molecular flexibility index (Phi) is 3.60. The van der Waals surface area contributed by atoms with Gasteiger partial charge in [0.2, 0.25) is 5.88 Å². The number of ether oxygens (including phenoxy) is 2. The smallest absolute Gasteiger partial charge is 0.357 e. The quantitative estimate of drug-likeness (QED) is 0.860. The second-order valence-electron chi connectivity index (χ2n) is 5.40. The van der Waals surface area contributed by atoms with Crippen LogP contribution in [0.3, 0.4) is 0 Å². The summed E-state index contributed by atoms with van der Waals surface area (Å²) in [4.78, 5) is 27.9. The van der Waals surface area contributed by atoms with Crippen molar-refractivity contribution in [3.63, 3.8) is 0 Å². The Hall–Kier alpha value is -2.37. The third-order valence-corrected chi connectivity index (χ3v) is 4.13. The number of hydrogen-bond donors (Lipinski definition) is 1. The normalized spacial score (nSPS) is 19.7. The number of aromatic nitrogens is 1. The fourth-order valence-corrected chi connectivity index (χ4v) is 3.19. The largest absolute Gasteiger partial charge is 0.507 e. The van der Waals surface area contributed by atoms with E-state index in [1.165, 1.54) is 7.11 Å². The Balaban J connectivity index is 2.14. The molecule has 0 amide bonds. The van der Waals surface area contributed by atoms with E-state index >= 15 is 0 Å². The molecule has 1 saturated carbocycles. The zero-order valence-corrected chi connectivity index (χ0v) is 12.5. The summed E-state index contributed by atoms with van der Waals surface area (Å²) in [6.45, 7) is 1.98. The van der Waals surface area contributed by atoms with Crippen molar-refractivity contribution in [3.05, 3.63) is 28.5 Å². The molecule has 0 aromatic carbocycles. The Morgan fingerprint density at radius 3 is 2.95 bits per heavy atom. The van der Waals surface area contributed by atoms with E-state index in [0.29, 0.717) is 24.0 Å². The number of pyridine rings is 1. The van der Waals surface area contributed by atoms with Gasteiger partial charge >= 0.3 is 5.97 Å². The van der Waals surface area contributed by atoms with Gasteiger partial charge in [-0.1, -0.05) is 0 Å². The molecule has 2 aliphatic rings. The second kappa shape index (κ2) is 5.44. The summed E-state index contributed by atoms with van der Waals surface area (Å²) in [6.07, 6.45) is 1.75. The van der Waals surface area contributed by atoms with Crippen LogP contribution in [0.5, 0.6) is 5.88 Å². The van der Waals surface area contributed by atoms with Gasteiger partial charge in [0.25, 0.3) is 0 Å². The number of Topliss-reactive ketones (excluding diaryl/α,β-unsaturated/α-hetero) is 1. The lowest BCUT2D eigenvalue weighted by atomic mass is 9.84. The average molecular weight is 303 g/mol. The summed E-state index contributed by atoms with van der Waals surface area (Å²) in [5.41, 5.74) is 1.79. The number of esters is 1. The van der Waals surface area contributed by atoms with Crippen molar-refractivity contribution in [2.24, 2.45) is 5.92 Å². The van der Waals surface area contributed by atoms with Crippen LogP contribution in [0.2, 0.25) is 0 Å². The molecule has 0 saturated heterocycles. The molecule has 3 rings (SSSR count). The minimum Gasteiger partial charge on any atom is -0.507 e. The van der Waals surface area contributed by atoms with Gasteiger partial charge in [-0.15, -0.1) is 0 Å². The van der Waals surface area contributed by atoms with Crippen LogP contribution >= 0.6 is 0 Å². The first-order valence-corrected chi connectivity index (χ1v) is 7.28. The number of ketones is 1. The summed E-state index contributed by atoms with van der Waals surface area (Å²) >= 11 is 0. The first kappa shape index (κ1) is 14.6. The van der Waals surface area contributed by atoms with E-state index in [1.54, 1.807) is 13.0 Å². The fraction of sp³-hybridized carbons (Fsp3) is 0.438. The van der Waals surface area contributed by atoms with E-state index in [2.05, 4.69) is 4.98 Å². The van der Waals surface area contributed by atoms with E-state index in [0.717, 1.165) is 12.0 Å². The third-order valence-electron chi connectivity index (χ3n) is 4.13. The van der Waals surface area contributed by atoms with Gasteiger partial charge in [0.05, 0.1) is 19.3 Å². The Bertz CT molecular complexity index is 692. The SMILES string of the molecule is CCOC(=O)c1cc2c(c(OC)n1)C(O)=C1C(=O)CCC1C2. The first-order valence-electron chi connectivity index (χ1n) is 7.28. The molecule has 1 atom stereocenters. The number of hydrogen-bond acceptors (Lipinski definition) is 6. The predicted octanol–water partition coefficient (Wildman–Crippen LogP) is 2.07. The number of carbonyl (C=O) groups excluding carboxylic acids is 2. The molecule has 0 spiro atoms. The molecule has 1 aromatic rings. The topological polar surface area (TPSA) is 85.7 Å². The van der Waals surface area contributed by atoms with Gasteiger partial charge in [0, 0.05) is 12.0 Å². The summed E-state index contributed by atoms with van der Waals surface area (Å²) in [6, 6.07) is 1.62. The van der Waals surface area contributed by atoms with Gasteiger partial charge in [-0.25, -0.2) is 9.78 Å². The molecular formula is C16H17NO5. The molecule has 0 bridgehead atoms. The van der Waals surface area contributed by atoms with Crippen LogP contribution in [-0.4, -0.2) is 35.6 Å².